The van der Waals surface area contributed by atoms with Crippen molar-refractivity contribution < 1.29 is 164 Å². The van der Waals surface area contributed by atoms with Crippen molar-refractivity contribution in [2.75, 3.05) is 52.9 Å². The quantitative estimate of drug-likeness (QED) is 0.0863. The molecule has 22 saturated heterocycles. The number of ether oxygens (including phenoxy) is 13. The summed E-state index contributed by atoms with van der Waals surface area (Å²) in [5, 5.41) is 217. The summed E-state index contributed by atoms with van der Waals surface area (Å²) < 4.78 is 74.8. The van der Waals surface area contributed by atoms with Crippen molar-refractivity contribution in [1.29, 1.82) is 0 Å². The lowest BCUT2D eigenvalue weighted by Crippen LogP contribution is -2.69. The van der Waals surface area contributed by atoms with Gasteiger partial charge in [-0.1, -0.05) is 0 Å². The molecule has 0 amide bonds. The normalized spacial score (nSPS) is 51.6. The van der Waals surface area contributed by atoms with Crippen LogP contribution in [0.3, 0.4) is 0 Å². The Labute approximate surface area is 419 Å². The summed E-state index contributed by atoms with van der Waals surface area (Å²) in [4.78, 5) is 0. The number of hydrogen-bond donors (Lipinski definition) is 20. The van der Waals surface area contributed by atoms with Crippen LogP contribution in [0.4, 0.5) is 0 Å². The summed E-state index contributed by atoms with van der Waals surface area (Å²) in [6, 6.07) is 0. The zero-order chi connectivity index (χ0) is 54.0. The second-order valence-corrected chi connectivity index (χ2v) is 18.9. The molecule has 0 aromatic heterocycles. The van der Waals surface area contributed by atoms with E-state index in [4.69, 9.17) is 61.6 Å². The molecule has 20 N–H and O–H groups in total. The van der Waals surface area contributed by atoms with E-state index in [2.05, 4.69) is 0 Å². The highest BCUT2D eigenvalue weighted by Crippen LogP contribution is 2.38. The van der Waals surface area contributed by atoms with Gasteiger partial charge in [0.15, 0.2) is 37.7 Å². The van der Waals surface area contributed by atoms with E-state index in [1.54, 1.807) is 0 Å². The summed E-state index contributed by atoms with van der Waals surface area (Å²) in [5.41, 5.74) is 0. The molecule has 22 aliphatic heterocycles. The van der Waals surface area contributed by atoms with Gasteiger partial charge in [0.1, 0.15) is 146 Å². The summed E-state index contributed by atoms with van der Waals surface area (Å²) in [6.07, 6.45) is -62.9. The molecule has 33 heteroatoms. The van der Waals surface area contributed by atoms with Crippen LogP contribution in [-0.2, 0) is 61.6 Å². The Morgan fingerprint density at radius 2 is 0.514 bits per heavy atom. The van der Waals surface area contributed by atoms with Crippen molar-refractivity contribution in [3.63, 3.8) is 0 Å². The molecule has 22 rings (SSSR count). The van der Waals surface area contributed by atoms with Gasteiger partial charge in [0.05, 0.1) is 65.1 Å². The maximum absolute atomic E-state index is 11.8. The van der Waals surface area contributed by atoms with Gasteiger partial charge >= 0.3 is 0 Å². The van der Waals surface area contributed by atoms with Crippen molar-refractivity contribution in [3.05, 3.63) is 0 Å². The first-order valence-electron chi connectivity index (χ1n) is 23.8. The topological polar surface area (TPSA) is 525 Å². The Bertz CT molecular complexity index is 1680. The van der Waals surface area contributed by atoms with Crippen LogP contribution in [0.25, 0.3) is 0 Å². The third-order valence-electron chi connectivity index (χ3n) is 13.9. The van der Waals surface area contributed by atoms with E-state index in [0.717, 1.165) is 0 Å². The first kappa shape index (κ1) is 60.3. The van der Waals surface area contributed by atoms with E-state index >= 15 is 0 Å². The molecular formula is C41H70O33. The lowest BCUT2D eigenvalue weighted by molar-refractivity contribution is -0.405. The Kier molecular flexibility index (Phi) is 21.4. The maximum Gasteiger partial charge on any atom is 0.187 e. The zero-order valence-corrected chi connectivity index (χ0v) is 39.1. The number of aliphatic hydroxyl groups excluding tert-OH is 20. The fraction of sp³-hybridized carbons (Fsp3) is 1.00. The molecule has 12 bridgehead atoms. The first-order valence-corrected chi connectivity index (χ1v) is 23.8. The van der Waals surface area contributed by atoms with E-state index in [0.29, 0.717) is 0 Å². The SMILES string of the molecule is OCC(O)CC(O)CO[C@@H]1[C@@H](O)[C@H]2O[C@H]3[C@H](O)[C@@H](O)[C@@H](O[C@H]4[C@H](O)[C@@H](O)[C@@H](O[C@H]5[C@H](O)[C@@H](O)[C@@H](O[C@H]6[C@H](O)[C@@H](O)[C@@H](O[C@H]7[C@H](O)[C@@H](O)[C@@H](O[C@H]1[C@@H](CO)O2)O[C@@H]7CO)O[C@@H]6CO)O[C@@H]5CO)O[C@@H]4CO)O[C@@H]3CO. The summed E-state index contributed by atoms with van der Waals surface area (Å²) in [7, 11) is 0. The molecule has 0 aromatic rings. The van der Waals surface area contributed by atoms with Gasteiger partial charge in [0.2, 0.25) is 0 Å². The molecule has 74 heavy (non-hydrogen) atoms. The Balaban J connectivity index is 1.22. The number of hydrogen-bond acceptors (Lipinski definition) is 33. The fourth-order valence-electron chi connectivity index (χ4n) is 9.78. The summed E-state index contributed by atoms with van der Waals surface area (Å²) in [5.74, 6) is 0. The van der Waals surface area contributed by atoms with Crippen LogP contribution in [0.15, 0.2) is 0 Å². The molecule has 22 heterocycles. The van der Waals surface area contributed by atoms with Crippen molar-refractivity contribution in [2.45, 2.75) is 203 Å². The van der Waals surface area contributed by atoms with E-state index in [1.165, 1.54) is 0 Å². The molecule has 32 atom stereocenters. The highest BCUT2D eigenvalue weighted by molar-refractivity contribution is 5.01. The largest absolute Gasteiger partial charge is 0.394 e. The minimum atomic E-state index is -2.21. The predicted molar refractivity (Wildman–Crippen MR) is 223 cm³/mol. The highest BCUT2D eigenvalue weighted by Gasteiger charge is 2.59. The second-order valence-electron chi connectivity index (χ2n) is 18.9. The van der Waals surface area contributed by atoms with Crippen molar-refractivity contribution in [2.24, 2.45) is 0 Å². The smallest absolute Gasteiger partial charge is 0.187 e. The van der Waals surface area contributed by atoms with E-state index < -0.39 is 256 Å². The summed E-state index contributed by atoms with van der Waals surface area (Å²) in [6.45, 7) is -7.73. The molecule has 0 aliphatic carbocycles. The Morgan fingerprint density at radius 3 is 0.757 bits per heavy atom. The zero-order valence-electron chi connectivity index (χ0n) is 39.1. The monoisotopic (exact) mass is 1090 g/mol. The highest BCUT2D eigenvalue weighted by atomic mass is 16.8. The van der Waals surface area contributed by atoms with Gasteiger partial charge in [-0.05, 0) is 0 Å². The molecule has 432 valence electrons. The lowest BCUT2D eigenvalue weighted by atomic mass is 9.94. The maximum atomic E-state index is 11.8. The second kappa shape index (κ2) is 26.3. The van der Waals surface area contributed by atoms with E-state index in [-0.39, 0.29) is 0 Å². The average molecular weight is 1090 g/mol. The Hall–Kier alpha value is -1.32. The number of aliphatic hydroxyl groups is 20. The van der Waals surface area contributed by atoms with Gasteiger partial charge in [-0.25, -0.2) is 0 Å². The van der Waals surface area contributed by atoms with Crippen LogP contribution < -0.4 is 0 Å². The van der Waals surface area contributed by atoms with Crippen LogP contribution in [0, 0.1) is 0 Å². The van der Waals surface area contributed by atoms with Crippen LogP contribution in [0.1, 0.15) is 6.42 Å². The van der Waals surface area contributed by atoms with E-state index in [1.807, 2.05) is 0 Å². The molecule has 22 aliphatic rings. The van der Waals surface area contributed by atoms with Crippen molar-refractivity contribution in [1.82, 2.24) is 0 Å². The minimum absolute atomic E-state index is 0.473. The lowest BCUT2D eigenvalue weighted by Gasteiger charge is -2.51. The third-order valence-corrected chi connectivity index (χ3v) is 13.9. The average Bonchev–Trinajstić information content (AvgIpc) is 3.39. The molecule has 0 spiro atoms. The Morgan fingerprint density at radius 1 is 0.284 bits per heavy atom. The molecule has 2 unspecified atom stereocenters. The van der Waals surface area contributed by atoms with Crippen LogP contribution in [0.2, 0.25) is 0 Å². The van der Waals surface area contributed by atoms with Gasteiger partial charge in [0, 0.05) is 6.42 Å². The van der Waals surface area contributed by atoms with Crippen molar-refractivity contribution >= 4 is 0 Å². The molecule has 0 saturated carbocycles. The van der Waals surface area contributed by atoms with Gasteiger partial charge in [-0.15, -0.1) is 0 Å². The molecular weight excluding hydrogens is 1020 g/mol. The molecule has 22 fully saturated rings. The molecule has 0 aromatic carbocycles. The van der Waals surface area contributed by atoms with Crippen LogP contribution in [-0.4, -0.2) is 351 Å². The van der Waals surface area contributed by atoms with Gasteiger partial charge in [-0.2, -0.15) is 0 Å². The molecule has 0 radical (unpaired) electrons. The number of rotatable bonds is 12. The first-order chi connectivity index (χ1) is 35.2. The van der Waals surface area contributed by atoms with Crippen LogP contribution >= 0.6 is 0 Å². The van der Waals surface area contributed by atoms with Crippen molar-refractivity contribution in [3.8, 4) is 0 Å². The van der Waals surface area contributed by atoms with Crippen LogP contribution in [0.5, 0.6) is 0 Å². The predicted octanol–water partition coefficient (Wildman–Crippen LogP) is -13.9. The third kappa shape index (κ3) is 12.5. The summed E-state index contributed by atoms with van der Waals surface area (Å²) >= 11 is 0. The van der Waals surface area contributed by atoms with Gasteiger partial charge in [0.25, 0.3) is 0 Å². The standard InChI is InChI=1S/C41H70O33/c42-2-10(49)1-11(50)9-62-35-28(61)41-68-17(8-48)34(35)74-40-27(60)22(55)32(15(6-46)67-40)72-38-25(58)20(53)30(13(4-44)65-38)70-36-23(56)18(51)29(12(3-43)63-36)69-37-24(57)19(52)31(14(5-45)64-37)71-39-26(59)21(54)33(73-41)16(7-47)66-39/h10-61H,1-9H2/t10?,11?,12-,13-,14-,15-,16-,17-,18-,19-,20-,21-,22-,23-,24-,25-,26-,27-,28-,29-,30-,31-,32-,33-,34+,35-,36-,37-,38-,39-,40-,41-/m1/s1. The fourth-order valence-corrected chi connectivity index (χ4v) is 9.78. The molecule has 33 nitrogen and oxygen atoms in total. The van der Waals surface area contributed by atoms with E-state index in [9.17, 15) is 102 Å². The van der Waals surface area contributed by atoms with Gasteiger partial charge in [-0.3, -0.25) is 0 Å². The minimum Gasteiger partial charge on any atom is -0.394 e. The van der Waals surface area contributed by atoms with Gasteiger partial charge < -0.3 is 164 Å².